The van der Waals surface area contributed by atoms with E-state index in [1.807, 2.05) is 24.3 Å². The smallest absolute Gasteiger partial charge is 0.267 e. The molecule has 0 amide bonds. The fraction of sp³-hybridized carbons (Fsp3) is 0.364. The number of fused-ring (bicyclic) bond motifs is 1. The predicted molar refractivity (Wildman–Crippen MR) is 114 cm³/mol. The summed E-state index contributed by atoms with van der Waals surface area (Å²) in [4.78, 5) is 12.7. The van der Waals surface area contributed by atoms with E-state index in [0.717, 1.165) is 32.1 Å². The highest BCUT2D eigenvalue weighted by Crippen LogP contribution is 2.29. The van der Waals surface area contributed by atoms with E-state index in [1.165, 1.54) is 4.68 Å². The summed E-state index contributed by atoms with van der Waals surface area (Å²) in [6.07, 6.45) is 5.04. The number of aromatic nitrogens is 2. The van der Waals surface area contributed by atoms with Gasteiger partial charge in [0.05, 0.1) is 16.0 Å². The van der Waals surface area contributed by atoms with Gasteiger partial charge in [-0.2, -0.15) is 5.10 Å². The minimum absolute atomic E-state index is 0.00620. The number of nitrogens with one attached hydrogen (secondary N) is 1. The molecule has 0 aliphatic heterocycles. The Kier molecular flexibility index (Phi) is 5.27. The summed E-state index contributed by atoms with van der Waals surface area (Å²) in [6.45, 7) is 1.80. The lowest BCUT2D eigenvalue weighted by atomic mass is 9.96. The van der Waals surface area contributed by atoms with Crippen molar-refractivity contribution in [3.8, 4) is 11.3 Å². The molecule has 1 heterocycles. The minimum Gasteiger partial charge on any atom is -0.267 e. The molecule has 0 unspecified atom stereocenters. The molecule has 3 aromatic rings. The molecule has 1 aliphatic carbocycles. The van der Waals surface area contributed by atoms with Crippen LogP contribution in [-0.2, 0) is 17.1 Å². The summed E-state index contributed by atoms with van der Waals surface area (Å²) in [6, 6.07) is 12.6. The van der Waals surface area contributed by atoms with Crippen LogP contribution in [0.3, 0.4) is 0 Å². The van der Waals surface area contributed by atoms with Crippen molar-refractivity contribution in [1.29, 1.82) is 0 Å². The molecule has 1 fully saturated rings. The molecule has 1 aromatic heterocycles. The highest BCUT2D eigenvalue weighted by atomic mass is 32.2. The largest absolute Gasteiger partial charge is 0.274 e. The average molecular weight is 412 g/mol. The van der Waals surface area contributed by atoms with E-state index in [-0.39, 0.29) is 16.5 Å². The Balaban J connectivity index is 1.81. The van der Waals surface area contributed by atoms with E-state index in [4.69, 9.17) is 0 Å². The topological polar surface area (TPSA) is 81.1 Å². The highest BCUT2D eigenvalue weighted by Gasteiger charge is 2.24. The van der Waals surface area contributed by atoms with Gasteiger partial charge in [-0.25, -0.2) is 17.8 Å². The molecule has 6 nitrogen and oxygen atoms in total. The number of nitrogens with zero attached hydrogens (tertiary/aromatic N) is 2. The van der Waals surface area contributed by atoms with Crippen molar-refractivity contribution in [3.05, 3.63) is 58.4 Å². The molecule has 0 saturated heterocycles. The van der Waals surface area contributed by atoms with E-state index < -0.39 is 10.0 Å². The molecule has 7 heteroatoms. The van der Waals surface area contributed by atoms with Crippen LogP contribution in [0.1, 0.15) is 37.7 Å². The zero-order valence-electron chi connectivity index (χ0n) is 16.7. The van der Waals surface area contributed by atoms with E-state index in [0.29, 0.717) is 27.6 Å². The summed E-state index contributed by atoms with van der Waals surface area (Å²) in [7, 11) is -2.03. The van der Waals surface area contributed by atoms with Crippen LogP contribution >= 0.6 is 0 Å². The molecule has 0 spiro atoms. The molecule has 4 rings (SSSR count). The van der Waals surface area contributed by atoms with Crippen molar-refractivity contribution in [1.82, 2.24) is 14.5 Å². The maximum atomic E-state index is 13.1. The van der Waals surface area contributed by atoms with Gasteiger partial charge >= 0.3 is 0 Å². The van der Waals surface area contributed by atoms with Gasteiger partial charge in [0.15, 0.2) is 0 Å². The Hall–Kier alpha value is -2.51. The van der Waals surface area contributed by atoms with Crippen molar-refractivity contribution in [3.63, 3.8) is 0 Å². The van der Waals surface area contributed by atoms with Crippen LogP contribution < -0.4 is 10.3 Å². The van der Waals surface area contributed by atoms with Gasteiger partial charge in [0, 0.05) is 24.0 Å². The number of hydrogen-bond acceptors (Lipinski definition) is 4. The molecule has 0 radical (unpaired) electrons. The van der Waals surface area contributed by atoms with Gasteiger partial charge in [0.2, 0.25) is 10.0 Å². The molecular formula is C22H25N3O3S. The average Bonchev–Trinajstić information content (AvgIpc) is 2.71. The van der Waals surface area contributed by atoms with Crippen LogP contribution in [0.5, 0.6) is 0 Å². The third kappa shape index (κ3) is 3.84. The van der Waals surface area contributed by atoms with Gasteiger partial charge in [-0.05, 0) is 37.5 Å². The van der Waals surface area contributed by atoms with Crippen molar-refractivity contribution in [2.75, 3.05) is 0 Å². The van der Waals surface area contributed by atoms with Gasteiger partial charge in [-0.3, -0.25) is 4.79 Å². The maximum absolute atomic E-state index is 13.1. The lowest BCUT2D eigenvalue weighted by molar-refractivity contribution is 0.412. The third-order valence-corrected chi connectivity index (χ3v) is 7.30. The van der Waals surface area contributed by atoms with Gasteiger partial charge in [-0.1, -0.05) is 49.6 Å². The van der Waals surface area contributed by atoms with Crippen LogP contribution in [0.2, 0.25) is 0 Å². The molecular weight excluding hydrogens is 386 g/mol. The number of rotatable bonds is 4. The summed E-state index contributed by atoms with van der Waals surface area (Å²) >= 11 is 0. The van der Waals surface area contributed by atoms with Crippen molar-refractivity contribution in [2.45, 2.75) is 50.0 Å². The lowest BCUT2D eigenvalue weighted by Crippen LogP contribution is -2.36. The zero-order chi connectivity index (χ0) is 20.6. The standard InChI is InChI=1S/C22H25N3O3S/c1-15-12-13-16(14-20(15)29(27,28)24-17-8-4-3-5-9-17)21-18-10-6-7-11-19(18)22(26)25(2)23-21/h6-7,10-14,17,24H,3-5,8-9H2,1-2H3. The Labute approximate surface area is 170 Å². The first-order valence-corrected chi connectivity index (χ1v) is 11.4. The van der Waals surface area contributed by atoms with Crippen LogP contribution in [-0.4, -0.2) is 24.2 Å². The number of sulfonamides is 1. The highest BCUT2D eigenvalue weighted by molar-refractivity contribution is 7.89. The van der Waals surface area contributed by atoms with Gasteiger partial charge in [0.1, 0.15) is 0 Å². The van der Waals surface area contributed by atoms with Crippen LogP contribution in [0.15, 0.2) is 52.2 Å². The van der Waals surface area contributed by atoms with Crippen molar-refractivity contribution >= 4 is 20.8 Å². The summed E-state index contributed by atoms with van der Waals surface area (Å²) in [5.74, 6) is 0. The number of benzene rings is 2. The monoisotopic (exact) mass is 411 g/mol. The second-order valence-corrected chi connectivity index (χ2v) is 9.44. The Morgan fingerprint density at radius 1 is 1.03 bits per heavy atom. The van der Waals surface area contributed by atoms with E-state index in [2.05, 4.69) is 9.82 Å². The van der Waals surface area contributed by atoms with Gasteiger partial charge in [-0.15, -0.1) is 0 Å². The SMILES string of the molecule is Cc1ccc(-c2nn(C)c(=O)c3ccccc23)cc1S(=O)(=O)NC1CCCCC1. The normalized spacial score (nSPS) is 15.7. The predicted octanol–water partition coefficient (Wildman–Crippen LogP) is 3.52. The summed E-state index contributed by atoms with van der Waals surface area (Å²) < 4.78 is 30.4. The van der Waals surface area contributed by atoms with E-state index in [9.17, 15) is 13.2 Å². The molecule has 152 valence electrons. The lowest BCUT2D eigenvalue weighted by Gasteiger charge is -2.23. The summed E-state index contributed by atoms with van der Waals surface area (Å²) in [5.41, 5.74) is 1.78. The quantitative estimate of drug-likeness (QED) is 0.712. The van der Waals surface area contributed by atoms with Crippen LogP contribution in [0, 0.1) is 6.92 Å². The first kappa shape index (κ1) is 19.8. The van der Waals surface area contributed by atoms with E-state index in [1.54, 1.807) is 32.2 Å². The van der Waals surface area contributed by atoms with E-state index >= 15 is 0 Å². The fourth-order valence-corrected chi connectivity index (χ4v) is 5.63. The Bertz CT molecular complexity index is 1230. The first-order chi connectivity index (χ1) is 13.9. The second-order valence-electron chi connectivity index (χ2n) is 7.76. The molecule has 1 saturated carbocycles. The molecule has 2 aromatic carbocycles. The first-order valence-electron chi connectivity index (χ1n) is 9.96. The molecule has 0 atom stereocenters. The molecule has 1 aliphatic rings. The van der Waals surface area contributed by atoms with Crippen LogP contribution in [0.4, 0.5) is 0 Å². The van der Waals surface area contributed by atoms with Gasteiger partial charge < -0.3 is 0 Å². The molecule has 1 N–H and O–H groups in total. The minimum atomic E-state index is -3.64. The zero-order valence-corrected chi connectivity index (χ0v) is 17.5. The third-order valence-electron chi connectivity index (χ3n) is 5.63. The maximum Gasteiger partial charge on any atom is 0.274 e. The molecule has 29 heavy (non-hydrogen) atoms. The van der Waals surface area contributed by atoms with Crippen molar-refractivity contribution in [2.24, 2.45) is 7.05 Å². The Morgan fingerprint density at radius 3 is 2.45 bits per heavy atom. The van der Waals surface area contributed by atoms with Gasteiger partial charge in [0.25, 0.3) is 5.56 Å². The summed E-state index contributed by atoms with van der Waals surface area (Å²) in [5, 5.41) is 5.70. The number of aryl methyl sites for hydroxylation is 2. The second kappa shape index (κ2) is 7.72. The number of hydrogen-bond donors (Lipinski definition) is 1. The van der Waals surface area contributed by atoms with Crippen molar-refractivity contribution < 1.29 is 8.42 Å². The Morgan fingerprint density at radius 2 is 1.72 bits per heavy atom. The van der Waals surface area contributed by atoms with Crippen LogP contribution in [0.25, 0.3) is 22.0 Å². The fourth-order valence-electron chi connectivity index (χ4n) is 4.05. The molecule has 0 bridgehead atoms.